The molecule has 3 amide bonds. The van der Waals surface area contributed by atoms with Gasteiger partial charge in [-0.3, -0.25) is 4.79 Å². The number of methoxy groups -OCH3 is 1. The predicted octanol–water partition coefficient (Wildman–Crippen LogP) is 3.07. The van der Waals surface area contributed by atoms with Crippen molar-refractivity contribution in [2.75, 3.05) is 20.2 Å². The van der Waals surface area contributed by atoms with Gasteiger partial charge in [-0.05, 0) is 49.8 Å². The van der Waals surface area contributed by atoms with Gasteiger partial charge < -0.3 is 20.3 Å². The number of amides is 3. The van der Waals surface area contributed by atoms with E-state index in [1.807, 2.05) is 29.2 Å². The molecule has 1 aliphatic carbocycles. The molecule has 2 unspecified atom stereocenters. The smallest absolute Gasteiger partial charge is 0.317 e. The largest absolute Gasteiger partial charge is 0.497 e. The number of nitrogens with one attached hydrogen (secondary N) is 2. The second kappa shape index (κ2) is 9.62. The lowest BCUT2D eigenvalue weighted by Crippen LogP contribution is -2.54. The number of benzene rings is 1. The van der Waals surface area contributed by atoms with E-state index in [1.54, 1.807) is 7.11 Å². The lowest BCUT2D eigenvalue weighted by molar-refractivity contribution is -0.128. The first-order valence-corrected chi connectivity index (χ1v) is 10.1. The number of nitrogens with zero attached hydrogens (tertiary/aromatic N) is 1. The maximum atomic E-state index is 13.0. The maximum Gasteiger partial charge on any atom is 0.317 e. The first-order chi connectivity index (χ1) is 13.2. The minimum Gasteiger partial charge on any atom is -0.497 e. The molecule has 148 valence electrons. The third kappa shape index (κ3) is 5.15. The van der Waals surface area contributed by atoms with Crippen LogP contribution in [0.5, 0.6) is 5.75 Å². The van der Waals surface area contributed by atoms with Gasteiger partial charge in [0.1, 0.15) is 5.75 Å². The fourth-order valence-electron chi connectivity index (χ4n) is 4.16. The Kier molecular flexibility index (Phi) is 6.96. The molecule has 1 heterocycles. The summed E-state index contributed by atoms with van der Waals surface area (Å²) in [6.07, 6.45) is 6.92. The molecule has 2 atom stereocenters. The number of carbonyl (C=O) groups is 2. The Bertz CT molecular complexity index is 632. The molecular weight excluding hydrogens is 342 g/mol. The van der Waals surface area contributed by atoms with Crippen LogP contribution in [0, 0.1) is 5.92 Å². The molecule has 0 radical (unpaired) electrons. The topological polar surface area (TPSA) is 70.7 Å². The standard InChI is InChI=1S/C21H31N3O3/c1-27-17-11-9-16(10-12-17)15-23-21(26)24-14-6-2-5-13-22-20(25)18-7-3-4-8-19(18)24/h9-12,18-19H,2-8,13-15H2,1H3,(H,22,25)(H,23,26). The molecule has 1 aromatic rings. The van der Waals surface area contributed by atoms with Gasteiger partial charge in [0.2, 0.25) is 5.91 Å². The summed E-state index contributed by atoms with van der Waals surface area (Å²) >= 11 is 0. The van der Waals surface area contributed by atoms with E-state index in [4.69, 9.17) is 4.74 Å². The monoisotopic (exact) mass is 373 g/mol. The lowest BCUT2D eigenvalue weighted by Gasteiger charge is -2.40. The summed E-state index contributed by atoms with van der Waals surface area (Å²) < 4.78 is 5.17. The number of ether oxygens (including phenoxy) is 1. The second-order valence-electron chi connectivity index (χ2n) is 7.51. The van der Waals surface area contributed by atoms with Crippen LogP contribution < -0.4 is 15.4 Å². The van der Waals surface area contributed by atoms with E-state index in [2.05, 4.69) is 10.6 Å². The summed E-state index contributed by atoms with van der Waals surface area (Å²) in [5.41, 5.74) is 1.03. The second-order valence-corrected chi connectivity index (χ2v) is 7.51. The summed E-state index contributed by atoms with van der Waals surface area (Å²) in [5, 5.41) is 6.12. The van der Waals surface area contributed by atoms with E-state index in [-0.39, 0.29) is 23.9 Å². The zero-order chi connectivity index (χ0) is 19.1. The number of hydrogen-bond acceptors (Lipinski definition) is 3. The Morgan fingerprint density at radius 1 is 1.15 bits per heavy atom. The summed E-state index contributed by atoms with van der Waals surface area (Å²) in [6.45, 7) is 1.96. The number of hydrogen-bond donors (Lipinski definition) is 2. The van der Waals surface area contributed by atoms with Crippen molar-refractivity contribution < 1.29 is 14.3 Å². The van der Waals surface area contributed by atoms with E-state index < -0.39 is 0 Å². The zero-order valence-electron chi connectivity index (χ0n) is 16.2. The number of carbonyl (C=O) groups excluding carboxylic acids is 2. The van der Waals surface area contributed by atoms with Crippen LogP contribution in [0.25, 0.3) is 0 Å². The fourth-order valence-corrected chi connectivity index (χ4v) is 4.16. The van der Waals surface area contributed by atoms with E-state index in [0.717, 1.165) is 69.3 Å². The SMILES string of the molecule is COc1ccc(CNC(=O)N2CCCCCNC(=O)C3CCCCC32)cc1. The average molecular weight is 373 g/mol. The average Bonchev–Trinajstić information content (AvgIpc) is 2.71. The minimum absolute atomic E-state index is 0.00715. The van der Waals surface area contributed by atoms with E-state index in [9.17, 15) is 9.59 Å². The molecule has 1 saturated heterocycles. The molecule has 0 spiro atoms. The van der Waals surface area contributed by atoms with Crippen molar-refractivity contribution in [2.45, 2.75) is 57.5 Å². The van der Waals surface area contributed by atoms with Gasteiger partial charge in [-0.1, -0.05) is 25.0 Å². The quantitative estimate of drug-likeness (QED) is 0.855. The van der Waals surface area contributed by atoms with Crippen LogP contribution in [-0.4, -0.2) is 43.1 Å². The molecule has 2 fully saturated rings. The minimum atomic E-state index is -0.0800. The van der Waals surface area contributed by atoms with Crippen molar-refractivity contribution in [3.8, 4) is 5.75 Å². The van der Waals surface area contributed by atoms with Crippen LogP contribution in [0.1, 0.15) is 50.5 Å². The van der Waals surface area contributed by atoms with Crippen LogP contribution >= 0.6 is 0 Å². The lowest BCUT2D eigenvalue weighted by atomic mass is 9.82. The van der Waals surface area contributed by atoms with Crippen LogP contribution in [0.2, 0.25) is 0 Å². The molecule has 6 heteroatoms. The number of rotatable bonds is 3. The third-order valence-electron chi connectivity index (χ3n) is 5.71. The summed E-state index contributed by atoms with van der Waals surface area (Å²) in [6, 6.07) is 7.65. The Hall–Kier alpha value is -2.24. The molecule has 1 aromatic carbocycles. The molecule has 0 aromatic heterocycles. The van der Waals surface area contributed by atoms with Crippen molar-refractivity contribution in [3.63, 3.8) is 0 Å². The molecule has 27 heavy (non-hydrogen) atoms. The Morgan fingerprint density at radius 2 is 1.93 bits per heavy atom. The highest BCUT2D eigenvalue weighted by Crippen LogP contribution is 2.30. The Balaban J connectivity index is 1.67. The van der Waals surface area contributed by atoms with Gasteiger partial charge in [-0.15, -0.1) is 0 Å². The summed E-state index contributed by atoms with van der Waals surface area (Å²) in [7, 11) is 1.64. The number of fused-ring (bicyclic) bond motifs is 1. The van der Waals surface area contributed by atoms with Gasteiger partial charge in [-0.2, -0.15) is 0 Å². The van der Waals surface area contributed by atoms with Gasteiger partial charge in [-0.25, -0.2) is 4.79 Å². The summed E-state index contributed by atoms with van der Waals surface area (Å²) in [5.74, 6) is 0.843. The first-order valence-electron chi connectivity index (χ1n) is 10.1. The molecule has 2 aliphatic rings. The Labute approximate surface area is 161 Å². The molecule has 6 nitrogen and oxygen atoms in total. The molecule has 1 saturated carbocycles. The van der Waals surface area contributed by atoms with Crippen molar-refractivity contribution in [1.82, 2.24) is 15.5 Å². The van der Waals surface area contributed by atoms with E-state index >= 15 is 0 Å². The van der Waals surface area contributed by atoms with Crippen molar-refractivity contribution in [1.29, 1.82) is 0 Å². The highest BCUT2D eigenvalue weighted by Gasteiger charge is 2.37. The van der Waals surface area contributed by atoms with Crippen LogP contribution in [0.4, 0.5) is 4.79 Å². The number of urea groups is 1. The third-order valence-corrected chi connectivity index (χ3v) is 5.71. The van der Waals surface area contributed by atoms with E-state index in [1.165, 1.54) is 0 Å². The van der Waals surface area contributed by atoms with Gasteiger partial charge >= 0.3 is 6.03 Å². The van der Waals surface area contributed by atoms with Crippen molar-refractivity contribution in [2.24, 2.45) is 5.92 Å². The maximum absolute atomic E-state index is 13.0. The van der Waals surface area contributed by atoms with E-state index in [0.29, 0.717) is 6.54 Å². The van der Waals surface area contributed by atoms with Crippen LogP contribution in [0.15, 0.2) is 24.3 Å². The fraction of sp³-hybridized carbons (Fsp3) is 0.619. The van der Waals surface area contributed by atoms with Crippen LogP contribution in [0.3, 0.4) is 0 Å². The zero-order valence-corrected chi connectivity index (χ0v) is 16.2. The molecule has 0 bridgehead atoms. The molecule has 3 rings (SSSR count). The van der Waals surface area contributed by atoms with Crippen molar-refractivity contribution >= 4 is 11.9 Å². The molecule has 1 aliphatic heterocycles. The summed E-state index contributed by atoms with van der Waals surface area (Å²) in [4.78, 5) is 27.5. The predicted molar refractivity (Wildman–Crippen MR) is 105 cm³/mol. The highest BCUT2D eigenvalue weighted by atomic mass is 16.5. The van der Waals surface area contributed by atoms with Crippen molar-refractivity contribution in [3.05, 3.63) is 29.8 Å². The van der Waals surface area contributed by atoms with Crippen LogP contribution in [-0.2, 0) is 11.3 Å². The Morgan fingerprint density at radius 3 is 2.70 bits per heavy atom. The first kappa shape index (κ1) is 19.5. The molecular formula is C21H31N3O3. The van der Waals surface area contributed by atoms with Gasteiger partial charge in [0.25, 0.3) is 0 Å². The van der Waals surface area contributed by atoms with Gasteiger partial charge in [0.05, 0.1) is 13.0 Å². The highest BCUT2D eigenvalue weighted by molar-refractivity contribution is 5.81. The normalized spacial score (nSPS) is 23.7. The van der Waals surface area contributed by atoms with Gasteiger partial charge in [0.15, 0.2) is 0 Å². The van der Waals surface area contributed by atoms with Gasteiger partial charge in [0, 0.05) is 25.7 Å². The molecule has 2 N–H and O–H groups in total.